The van der Waals surface area contributed by atoms with Gasteiger partial charge in [0.25, 0.3) is 0 Å². The van der Waals surface area contributed by atoms with Crippen LogP contribution in [0.4, 0.5) is 0 Å². The lowest BCUT2D eigenvalue weighted by molar-refractivity contribution is 0.740. The molecular formula is C6H7Cl2N3. The van der Waals surface area contributed by atoms with E-state index in [1.165, 1.54) is 12.4 Å². The lowest BCUT2D eigenvalue weighted by atomic mass is 10.3. The van der Waals surface area contributed by atoms with Gasteiger partial charge in [0.2, 0.25) is 0 Å². The van der Waals surface area contributed by atoms with Crippen molar-refractivity contribution >= 4 is 23.2 Å². The summed E-state index contributed by atoms with van der Waals surface area (Å²) in [7, 11) is 0. The molecule has 1 rings (SSSR count). The van der Waals surface area contributed by atoms with E-state index in [1.54, 1.807) is 0 Å². The van der Waals surface area contributed by atoms with Gasteiger partial charge in [-0.2, -0.15) is 0 Å². The van der Waals surface area contributed by atoms with Gasteiger partial charge in [0.05, 0.1) is 10.0 Å². The average molecular weight is 192 g/mol. The van der Waals surface area contributed by atoms with Crippen LogP contribution in [0.5, 0.6) is 0 Å². The van der Waals surface area contributed by atoms with E-state index in [0.29, 0.717) is 16.6 Å². The molecule has 0 saturated carbocycles. The van der Waals surface area contributed by atoms with Crippen molar-refractivity contribution < 1.29 is 0 Å². The van der Waals surface area contributed by atoms with Gasteiger partial charge in [-0.3, -0.25) is 16.3 Å². The van der Waals surface area contributed by atoms with Crippen molar-refractivity contribution in [2.24, 2.45) is 5.84 Å². The lowest BCUT2D eigenvalue weighted by Crippen LogP contribution is -2.21. The number of pyridine rings is 1. The highest BCUT2D eigenvalue weighted by Crippen LogP contribution is 2.21. The number of hydrogen-bond acceptors (Lipinski definition) is 3. The maximum atomic E-state index is 5.77. The largest absolute Gasteiger partial charge is 0.271 e. The van der Waals surface area contributed by atoms with Gasteiger partial charge in [-0.25, -0.2) is 0 Å². The number of nitrogens with one attached hydrogen (secondary N) is 1. The molecule has 0 radical (unpaired) electrons. The molecule has 0 amide bonds. The van der Waals surface area contributed by atoms with E-state index in [4.69, 9.17) is 29.0 Å². The molecule has 0 aliphatic heterocycles. The molecule has 1 aromatic rings. The molecular weight excluding hydrogens is 185 g/mol. The topological polar surface area (TPSA) is 50.9 Å². The Kier molecular flexibility index (Phi) is 3.08. The Morgan fingerprint density at radius 1 is 1.36 bits per heavy atom. The van der Waals surface area contributed by atoms with Gasteiger partial charge in [-0.15, -0.1) is 0 Å². The van der Waals surface area contributed by atoms with E-state index in [2.05, 4.69) is 10.4 Å². The van der Waals surface area contributed by atoms with Crippen molar-refractivity contribution in [2.75, 3.05) is 0 Å². The number of hydrazine groups is 1. The van der Waals surface area contributed by atoms with Crippen molar-refractivity contribution in [3.8, 4) is 0 Å². The highest BCUT2D eigenvalue weighted by molar-refractivity contribution is 6.35. The summed E-state index contributed by atoms with van der Waals surface area (Å²) in [5.74, 6) is 5.11. The highest BCUT2D eigenvalue weighted by Gasteiger charge is 2.03. The molecule has 0 aliphatic carbocycles. The van der Waals surface area contributed by atoms with E-state index in [9.17, 15) is 0 Å². The Hall–Kier alpha value is -0.350. The van der Waals surface area contributed by atoms with Crippen LogP contribution in [0.3, 0.4) is 0 Å². The molecule has 0 saturated heterocycles. The Bertz CT molecular complexity index is 231. The minimum atomic E-state index is 0.445. The minimum absolute atomic E-state index is 0.445. The second-order valence-electron chi connectivity index (χ2n) is 1.96. The number of rotatable bonds is 2. The van der Waals surface area contributed by atoms with E-state index >= 15 is 0 Å². The van der Waals surface area contributed by atoms with Gasteiger partial charge in [0.1, 0.15) is 0 Å². The first kappa shape index (κ1) is 8.74. The maximum absolute atomic E-state index is 5.77. The van der Waals surface area contributed by atoms with Crippen molar-refractivity contribution in [3.05, 3.63) is 28.0 Å². The third-order valence-electron chi connectivity index (χ3n) is 1.23. The fraction of sp³-hybridized carbons (Fsp3) is 0.167. The van der Waals surface area contributed by atoms with Gasteiger partial charge in [0, 0.05) is 24.5 Å². The molecule has 0 spiro atoms. The molecule has 11 heavy (non-hydrogen) atoms. The minimum Gasteiger partial charge on any atom is -0.271 e. The lowest BCUT2D eigenvalue weighted by Gasteiger charge is -2.03. The summed E-state index contributed by atoms with van der Waals surface area (Å²) >= 11 is 11.5. The van der Waals surface area contributed by atoms with E-state index in [1.807, 2.05) is 0 Å². The Labute approximate surface area is 74.5 Å². The first-order valence-corrected chi connectivity index (χ1v) is 3.72. The number of aromatic nitrogens is 1. The third kappa shape index (κ3) is 2.04. The molecule has 0 aliphatic rings. The van der Waals surface area contributed by atoms with Crippen LogP contribution in [-0.2, 0) is 6.54 Å². The molecule has 5 heteroatoms. The zero-order chi connectivity index (χ0) is 8.27. The second-order valence-corrected chi connectivity index (χ2v) is 2.78. The quantitative estimate of drug-likeness (QED) is 0.549. The van der Waals surface area contributed by atoms with Gasteiger partial charge in [0.15, 0.2) is 0 Å². The fourth-order valence-electron chi connectivity index (χ4n) is 0.709. The number of nitrogens with two attached hydrogens (primary N) is 1. The normalized spacial score (nSPS) is 10.1. The first-order chi connectivity index (χ1) is 5.25. The zero-order valence-corrected chi connectivity index (χ0v) is 7.15. The summed E-state index contributed by atoms with van der Waals surface area (Å²) in [6.45, 7) is 0.445. The van der Waals surface area contributed by atoms with Gasteiger partial charge in [-0.1, -0.05) is 23.2 Å². The summed E-state index contributed by atoms with van der Waals surface area (Å²) in [5, 5.41) is 1.05. The van der Waals surface area contributed by atoms with Crippen molar-refractivity contribution in [2.45, 2.75) is 6.54 Å². The van der Waals surface area contributed by atoms with Gasteiger partial charge in [-0.05, 0) is 0 Å². The number of hydrogen-bond donors (Lipinski definition) is 2. The average Bonchev–Trinajstić information content (AvgIpc) is 1.97. The Balaban J connectivity index is 3.00. The van der Waals surface area contributed by atoms with E-state index in [-0.39, 0.29) is 0 Å². The summed E-state index contributed by atoms with van der Waals surface area (Å²) in [5.41, 5.74) is 3.24. The molecule has 60 valence electrons. The Morgan fingerprint density at radius 2 is 1.91 bits per heavy atom. The molecule has 0 atom stereocenters. The predicted molar refractivity (Wildman–Crippen MR) is 45.3 cm³/mol. The molecule has 1 heterocycles. The number of halogens is 2. The van der Waals surface area contributed by atoms with E-state index < -0.39 is 0 Å². The van der Waals surface area contributed by atoms with Crippen LogP contribution in [-0.4, -0.2) is 4.98 Å². The summed E-state index contributed by atoms with van der Waals surface area (Å²) in [4.78, 5) is 3.79. The van der Waals surface area contributed by atoms with Crippen molar-refractivity contribution in [3.63, 3.8) is 0 Å². The second kappa shape index (κ2) is 3.88. The van der Waals surface area contributed by atoms with Crippen LogP contribution in [0.15, 0.2) is 12.4 Å². The summed E-state index contributed by atoms with van der Waals surface area (Å²) in [6, 6.07) is 0. The zero-order valence-electron chi connectivity index (χ0n) is 5.64. The standard InChI is InChI=1S/C6H7Cl2N3/c7-5-2-10-3-6(8)4(5)1-11-9/h2-3,11H,1,9H2. The monoisotopic (exact) mass is 191 g/mol. The third-order valence-corrected chi connectivity index (χ3v) is 1.88. The summed E-state index contributed by atoms with van der Waals surface area (Å²) in [6.07, 6.45) is 3.06. The van der Waals surface area contributed by atoms with Gasteiger partial charge >= 0.3 is 0 Å². The fourth-order valence-corrected chi connectivity index (χ4v) is 1.21. The SMILES string of the molecule is NNCc1c(Cl)cncc1Cl. The van der Waals surface area contributed by atoms with Crippen LogP contribution >= 0.6 is 23.2 Å². The van der Waals surface area contributed by atoms with Crippen LogP contribution in [0.2, 0.25) is 10.0 Å². The predicted octanol–water partition coefficient (Wildman–Crippen LogP) is 1.35. The molecule has 3 nitrogen and oxygen atoms in total. The van der Waals surface area contributed by atoms with E-state index in [0.717, 1.165) is 5.56 Å². The van der Waals surface area contributed by atoms with Crippen LogP contribution in [0.1, 0.15) is 5.56 Å². The van der Waals surface area contributed by atoms with Crippen molar-refractivity contribution in [1.82, 2.24) is 10.4 Å². The molecule has 0 aromatic carbocycles. The smallest absolute Gasteiger partial charge is 0.0649 e. The molecule has 0 fully saturated rings. The first-order valence-electron chi connectivity index (χ1n) is 2.97. The van der Waals surface area contributed by atoms with Crippen molar-refractivity contribution in [1.29, 1.82) is 0 Å². The van der Waals surface area contributed by atoms with Crippen LogP contribution in [0, 0.1) is 0 Å². The number of nitrogens with zero attached hydrogens (tertiary/aromatic N) is 1. The molecule has 3 N–H and O–H groups in total. The molecule has 1 aromatic heterocycles. The Morgan fingerprint density at radius 3 is 2.36 bits per heavy atom. The molecule has 0 bridgehead atoms. The maximum Gasteiger partial charge on any atom is 0.0649 e. The molecule has 0 unspecified atom stereocenters. The van der Waals surface area contributed by atoms with Gasteiger partial charge < -0.3 is 0 Å². The summed E-state index contributed by atoms with van der Waals surface area (Å²) < 4.78 is 0. The van der Waals surface area contributed by atoms with Crippen LogP contribution < -0.4 is 11.3 Å². The van der Waals surface area contributed by atoms with Crippen LogP contribution in [0.25, 0.3) is 0 Å². The highest BCUT2D eigenvalue weighted by atomic mass is 35.5.